The fourth-order valence-electron chi connectivity index (χ4n) is 1.81. The van der Waals surface area contributed by atoms with Gasteiger partial charge in [0.15, 0.2) is 0 Å². The summed E-state index contributed by atoms with van der Waals surface area (Å²) in [7, 11) is 0. The average Bonchev–Trinajstić information content (AvgIpc) is 2.74. The number of aromatic nitrogens is 1. The number of nitrogens with two attached hydrogens (primary N) is 1. The Bertz CT molecular complexity index is 608. The molecule has 3 rings (SSSR count). The lowest BCUT2D eigenvalue weighted by Crippen LogP contribution is -1.88. The fourth-order valence-corrected chi connectivity index (χ4v) is 2.81. The molecule has 0 aliphatic carbocycles. The van der Waals surface area contributed by atoms with E-state index in [-0.39, 0.29) is 0 Å². The average molecular weight is 240 g/mol. The van der Waals surface area contributed by atoms with Crippen LogP contribution in [0.1, 0.15) is 10.6 Å². The van der Waals surface area contributed by atoms with Crippen LogP contribution in [0.5, 0.6) is 0 Å². The predicted octanol–water partition coefficient (Wildman–Crippen LogP) is 3.47. The Hall–Kier alpha value is -1.87. The zero-order valence-corrected chi connectivity index (χ0v) is 10.1. The van der Waals surface area contributed by atoms with Gasteiger partial charge in [0.05, 0.1) is 15.2 Å². The first kappa shape index (κ1) is 10.3. The molecule has 84 valence electrons. The second-order valence-corrected chi connectivity index (χ2v) is 5.11. The molecule has 2 aromatic carbocycles. The molecular weight excluding hydrogens is 228 g/mol. The molecule has 3 heteroatoms. The molecule has 0 aliphatic rings. The third-order valence-corrected chi connectivity index (χ3v) is 3.71. The van der Waals surface area contributed by atoms with Crippen molar-refractivity contribution in [3.8, 4) is 0 Å². The number of benzene rings is 2. The lowest BCUT2D eigenvalue weighted by Gasteiger charge is -1.98. The van der Waals surface area contributed by atoms with Crippen molar-refractivity contribution in [2.45, 2.75) is 6.42 Å². The lowest BCUT2D eigenvalue weighted by molar-refractivity contribution is 1.16. The Morgan fingerprint density at radius 2 is 1.76 bits per heavy atom. The van der Waals surface area contributed by atoms with Crippen molar-refractivity contribution in [3.63, 3.8) is 0 Å². The summed E-state index contributed by atoms with van der Waals surface area (Å²) in [6.45, 7) is 0. The summed E-state index contributed by atoms with van der Waals surface area (Å²) in [4.78, 5) is 4.62. The van der Waals surface area contributed by atoms with E-state index in [1.54, 1.807) is 11.3 Å². The van der Waals surface area contributed by atoms with Crippen LogP contribution >= 0.6 is 11.3 Å². The van der Waals surface area contributed by atoms with Crippen molar-refractivity contribution < 1.29 is 0 Å². The zero-order chi connectivity index (χ0) is 11.7. The lowest BCUT2D eigenvalue weighted by atomic mass is 10.1. The minimum absolute atomic E-state index is 0.804. The standard InChI is InChI=1S/C14H12N2S/c15-11-7-5-10(6-8-11)9-14-16-12-3-1-2-4-13(12)17-14/h1-8H,9,15H2. The third-order valence-electron chi connectivity index (χ3n) is 2.67. The Morgan fingerprint density at radius 3 is 2.53 bits per heavy atom. The van der Waals surface area contributed by atoms with Crippen molar-refractivity contribution in [1.82, 2.24) is 4.98 Å². The molecule has 0 amide bonds. The highest BCUT2D eigenvalue weighted by Gasteiger charge is 2.03. The van der Waals surface area contributed by atoms with Gasteiger partial charge in [0.25, 0.3) is 0 Å². The van der Waals surface area contributed by atoms with Gasteiger partial charge in [0, 0.05) is 12.1 Å². The predicted molar refractivity (Wildman–Crippen MR) is 73.3 cm³/mol. The van der Waals surface area contributed by atoms with Gasteiger partial charge < -0.3 is 5.73 Å². The van der Waals surface area contributed by atoms with Gasteiger partial charge in [-0.3, -0.25) is 0 Å². The molecule has 2 N–H and O–H groups in total. The number of nitrogen functional groups attached to an aromatic ring is 1. The quantitative estimate of drug-likeness (QED) is 0.697. The van der Waals surface area contributed by atoms with Crippen LogP contribution in [-0.2, 0) is 6.42 Å². The van der Waals surface area contributed by atoms with Crippen LogP contribution in [0.3, 0.4) is 0 Å². The summed E-state index contributed by atoms with van der Waals surface area (Å²) in [5.74, 6) is 0. The van der Waals surface area contributed by atoms with Crippen LogP contribution in [0.2, 0.25) is 0 Å². The fraction of sp³-hybridized carbons (Fsp3) is 0.0714. The second-order valence-electron chi connectivity index (χ2n) is 3.99. The molecular formula is C14H12N2S. The Labute approximate surface area is 104 Å². The zero-order valence-electron chi connectivity index (χ0n) is 9.26. The topological polar surface area (TPSA) is 38.9 Å². The van der Waals surface area contributed by atoms with Crippen molar-refractivity contribution >= 4 is 27.2 Å². The minimum atomic E-state index is 0.804. The highest BCUT2D eigenvalue weighted by atomic mass is 32.1. The van der Waals surface area contributed by atoms with Crippen LogP contribution in [0.4, 0.5) is 5.69 Å². The van der Waals surface area contributed by atoms with Crippen LogP contribution in [0.25, 0.3) is 10.2 Å². The van der Waals surface area contributed by atoms with Crippen molar-refractivity contribution in [3.05, 3.63) is 59.1 Å². The SMILES string of the molecule is Nc1ccc(Cc2nc3ccccc3s2)cc1. The van der Waals surface area contributed by atoms with Crippen molar-refractivity contribution in [2.24, 2.45) is 0 Å². The van der Waals surface area contributed by atoms with E-state index in [4.69, 9.17) is 5.73 Å². The molecule has 0 unspecified atom stereocenters. The molecule has 1 aromatic heterocycles. The maximum Gasteiger partial charge on any atom is 0.0982 e. The van der Waals surface area contributed by atoms with E-state index in [0.717, 1.165) is 22.6 Å². The summed E-state index contributed by atoms with van der Waals surface area (Å²) in [5, 5.41) is 1.15. The van der Waals surface area contributed by atoms with Crippen LogP contribution in [-0.4, -0.2) is 4.98 Å². The smallest absolute Gasteiger partial charge is 0.0982 e. The summed E-state index contributed by atoms with van der Waals surface area (Å²) in [5.41, 5.74) is 8.81. The van der Waals surface area contributed by atoms with Gasteiger partial charge >= 0.3 is 0 Å². The maximum atomic E-state index is 5.67. The number of nitrogens with zero attached hydrogens (tertiary/aromatic N) is 1. The molecule has 17 heavy (non-hydrogen) atoms. The van der Waals surface area contributed by atoms with Gasteiger partial charge in [-0.25, -0.2) is 4.98 Å². The molecule has 3 aromatic rings. The number of rotatable bonds is 2. The van der Waals surface area contributed by atoms with Gasteiger partial charge in [-0.1, -0.05) is 24.3 Å². The number of para-hydroxylation sites is 1. The molecule has 0 bridgehead atoms. The number of hydrogen-bond acceptors (Lipinski definition) is 3. The van der Waals surface area contributed by atoms with E-state index < -0.39 is 0 Å². The summed E-state index contributed by atoms with van der Waals surface area (Å²) >= 11 is 1.75. The van der Waals surface area contributed by atoms with Gasteiger partial charge in [0.1, 0.15) is 0 Å². The summed E-state index contributed by atoms with van der Waals surface area (Å²) in [6.07, 6.45) is 0.875. The van der Waals surface area contributed by atoms with Crippen molar-refractivity contribution in [2.75, 3.05) is 5.73 Å². The van der Waals surface area contributed by atoms with E-state index >= 15 is 0 Å². The largest absolute Gasteiger partial charge is 0.399 e. The van der Waals surface area contributed by atoms with E-state index in [9.17, 15) is 0 Å². The van der Waals surface area contributed by atoms with Crippen LogP contribution < -0.4 is 5.73 Å². The van der Waals surface area contributed by atoms with Gasteiger partial charge in [-0.05, 0) is 29.8 Å². The molecule has 0 radical (unpaired) electrons. The monoisotopic (exact) mass is 240 g/mol. The van der Waals surface area contributed by atoms with E-state index in [0.29, 0.717) is 0 Å². The number of hydrogen-bond donors (Lipinski definition) is 1. The molecule has 0 saturated heterocycles. The second kappa shape index (κ2) is 4.18. The maximum absolute atomic E-state index is 5.67. The molecule has 0 aliphatic heterocycles. The highest BCUT2D eigenvalue weighted by molar-refractivity contribution is 7.18. The highest BCUT2D eigenvalue weighted by Crippen LogP contribution is 2.23. The Morgan fingerprint density at radius 1 is 1.00 bits per heavy atom. The molecule has 0 atom stereocenters. The first-order valence-corrected chi connectivity index (χ1v) is 6.32. The number of thiazole rings is 1. The van der Waals surface area contributed by atoms with E-state index in [2.05, 4.69) is 29.2 Å². The van der Waals surface area contributed by atoms with Crippen molar-refractivity contribution in [1.29, 1.82) is 0 Å². The summed E-state index contributed by atoms with van der Waals surface area (Å²) in [6, 6.07) is 16.2. The van der Waals surface area contributed by atoms with E-state index in [1.165, 1.54) is 10.3 Å². The number of fused-ring (bicyclic) bond motifs is 1. The normalized spacial score (nSPS) is 10.8. The molecule has 0 fully saturated rings. The van der Waals surface area contributed by atoms with Crippen LogP contribution in [0, 0.1) is 0 Å². The Kier molecular flexibility index (Phi) is 2.53. The first-order chi connectivity index (χ1) is 8.31. The minimum Gasteiger partial charge on any atom is -0.399 e. The van der Waals surface area contributed by atoms with Gasteiger partial charge in [-0.15, -0.1) is 11.3 Å². The van der Waals surface area contributed by atoms with Gasteiger partial charge in [0.2, 0.25) is 0 Å². The third kappa shape index (κ3) is 2.15. The molecule has 0 spiro atoms. The summed E-state index contributed by atoms with van der Waals surface area (Å²) < 4.78 is 1.25. The molecule has 1 heterocycles. The van der Waals surface area contributed by atoms with Gasteiger partial charge in [-0.2, -0.15) is 0 Å². The molecule has 0 saturated carbocycles. The number of anilines is 1. The first-order valence-electron chi connectivity index (χ1n) is 5.50. The van der Waals surface area contributed by atoms with Crippen LogP contribution in [0.15, 0.2) is 48.5 Å². The van der Waals surface area contributed by atoms with E-state index in [1.807, 2.05) is 24.3 Å². The molecule has 2 nitrogen and oxygen atoms in total. The Balaban J connectivity index is 1.92.